The lowest BCUT2D eigenvalue weighted by molar-refractivity contribution is -0.146. The molecule has 3 nitrogen and oxygen atoms in total. The number of halogens is 5. The van der Waals surface area contributed by atoms with Gasteiger partial charge in [0.2, 0.25) is 5.82 Å². The van der Waals surface area contributed by atoms with E-state index in [9.17, 15) is 18.0 Å². The fourth-order valence-electron chi connectivity index (χ4n) is 3.44. The van der Waals surface area contributed by atoms with Crippen molar-refractivity contribution in [1.29, 1.82) is 0 Å². The maximum atomic E-state index is 13.7. The van der Waals surface area contributed by atoms with Crippen molar-refractivity contribution in [2.75, 3.05) is 0 Å². The molecule has 4 rings (SSSR count). The Balaban J connectivity index is 2.09. The first kappa shape index (κ1) is 18.8. The highest BCUT2D eigenvalue weighted by molar-refractivity contribution is 7.18. The zero-order chi connectivity index (χ0) is 19.3. The normalized spacial score (nSPS) is 15.0. The molecule has 2 heterocycles. The van der Waals surface area contributed by atoms with Crippen molar-refractivity contribution in [3.63, 3.8) is 0 Å². The van der Waals surface area contributed by atoms with E-state index >= 15 is 0 Å². The summed E-state index contributed by atoms with van der Waals surface area (Å²) in [7, 11) is 0. The predicted octanol–water partition coefficient (Wildman–Crippen LogP) is 6.04. The van der Waals surface area contributed by atoms with Crippen molar-refractivity contribution < 1.29 is 13.2 Å². The standard InChI is InChI=1S/C18H13Cl2F3N2OS/c19-11-7-6-9(8-12(11)20)25-16(26)14-10-4-2-1-3-5-13(10)27-15(14)24-17(25)18(21,22)23/h6-8H,1-5H2. The van der Waals surface area contributed by atoms with Crippen molar-refractivity contribution in [3.8, 4) is 5.69 Å². The van der Waals surface area contributed by atoms with Crippen LogP contribution in [-0.2, 0) is 19.0 Å². The number of benzene rings is 1. The summed E-state index contributed by atoms with van der Waals surface area (Å²) >= 11 is 13.0. The van der Waals surface area contributed by atoms with Crippen LogP contribution in [0.4, 0.5) is 13.2 Å². The summed E-state index contributed by atoms with van der Waals surface area (Å²) in [5, 5.41) is 0.551. The van der Waals surface area contributed by atoms with Gasteiger partial charge in [-0.05, 0) is 49.4 Å². The third kappa shape index (κ3) is 3.26. The molecule has 0 spiro atoms. The molecule has 1 aliphatic rings. The Labute approximate surface area is 166 Å². The molecule has 0 unspecified atom stereocenters. The minimum absolute atomic E-state index is 0.00954. The van der Waals surface area contributed by atoms with E-state index in [1.807, 2.05) is 0 Å². The molecule has 0 radical (unpaired) electrons. The molecule has 0 bridgehead atoms. The highest BCUT2D eigenvalue weighted by atomic mass is 35.5. The number of hydrogen-bond acceptors (Lipinski definition) is 3. The Hall–Kier alpha value is -1.57. The van der Waals surface area contributed by atoms with Gasteiger partial charge < -0.3 is 0 Å². The van der Waals surface area contributed by atoms with Gasteiger partial charge in [-0.1, -0.05) is 29.6 Å². The second-order valence-electron chi connectivity index (χ2n) is 6.42. The summed E-state index contributed by atoms with van der Waals surface area (Å²) in [5.41, 5.74) is 0.113. The van der Waals surface area contributed by atoms with E-state index in [0.717, 1.165) is 36.1 Å². The second kappa shape index (κ2) is 6.79. The molecule has 0 saturated heterocycles. The van der Waals surface area contributed by atoms with Crippen molar-refractivity contribution in [2.45, 2.75) is 38.3 Å². The molecule has 0 amide bonds. The Bertz CT molecular complexity index is 1100. The first-order valence-corrected chi connectivity index (χ1v) is 9.94. The molecular weight excluding hydrogens is 420 g/mol. The van der Waals surface area contributed by atoms with Gasteiger partial charge in [-0.3, -0.25) is 9.36 Å². The fourth-order valence-corrected chi connectivity index (χ4v) is 4.98. The first-order chi connectivity index (χ1) is 12.8. The molecule has 3 aromatic rings. The Morgan fingerprint density at radius 3 is 2.52 bits per heavy atom. The molecule has 1 aromatic carbocycles. The number of aryl methyl sites for hydroxylation is 2. The zero-order valence-corrected chi connectivity index (χ0v) is 16.2. The number of thiophene rings is 1. The topological polar surface area (TPSA) is 34.9 Å². The molecule has 9 heteroatoms. The quantitative estimate of drug-likeness (QED) is 0.439. The van der Waals surface area contributed by atoms with E-state index in [4.69, 9.17) is 23.2 Å². The minimum Gasteiger partial charge on any atom is -0.268 e. The van der Waals surface area contributed by atoms with Crippen molar-refractivity contribution in [1.82, 2.24) is 9.55 Å². The molecule has 0 aliphatic heterocycles. The average Bonchev–Trinajstić information content (AvgIpc) is 2.79. The molecule has 142 valence electrons. The van der Waals surface area contributed by atoms with Crippen LogP contribution in [0.5, 0.6) is 0 Å². The van der Waals surface area contributed by atoms with Crippen LogP contribution in [0.3, 0.4) is 0 Å². The third-order valence-corrected chi connectivity index (χ3v) is 6.58. The lowest BCUT2D eigenvalue weighted by Crippen LogP contribution is -2.28. The monoisotopic (exact) mass is 432 g/mol. The number of fused-ring (bicyclic) bond motifs is 3. The van der Waals surface area contributed by atoms with Gasteiger partial charge in [0.25, 0.3) is 5.56 Å². The number of aromatic nitrogens is 2. The maximum Gasteiger partial charge on any atom is 0.450 e. The third-order valence-electron chi connectivity index (χ3n) is 4.65. The highest BCUT2D eigenvalue weighted by Crippen LogP contribution is 2.37. The summed E-state index contributed by atoms with van der Waals surface area (Å²) < 4.78 is 41.7. The summed E-state index contributed by atoms with van der Waals surface area (Å²) in [4.78, 5) is 18.2. The Morgan fingerprint density at radius 1 is 1.07 bits per heavy atom. The van der Waals surface area contributed by atoms with E-state index in [-0.39, 0.29) is 25.9 Å². The van der Waals surface area contributed by atoms with E-state index in [0.29, 0.717) is 11.0 Å². The van der Waals surface area contributed by atoms with Gasteiger partial charge in [0.1, 0.15) is 4.83 Å². The molecule has 2 aromatic heterocycles. The lowest BCUT2D eigenvalue weighted by atomic mass is 10.1. The lowest BCUT2D eigenvalue weighted by Gasteiger charge is -2.15. The summed E-state index contributed by atoms with van der Waals surface area (Å²) in [6, 6.07) is 3.95. The Morgan fingerprint density at radius 2 is 1.81 bits per heavy atom. The van der Waals surface area contributed by atoms with E-state index in [2.05, 4.69) is 4.98 Å². The van der Waals surface area contributed by atoms with Gasteiger partial charge in [0.05, 0.1) is 21.1 Å². The molecule has 27 heavy (non-hydrogen) atoms. The van der Waals surface area contributed by atoms with E-state index in [1.54, 1.807) is 0 Å². The number of nitrogens with zero attached hydrogens (tertiary/aromatic N) is 2. The van der Waals surface area contributed by atoms with Crippen LogP contribution in [0, 0.1) is 0 Å². The van der Waals surface area contributed by atoms with Gasteiger partial charge in [0, 0.05) is 4.88 Å². The molecule has 0 atom stereocenters. The fraction of sp³-hybridized carbons (Fsp3) is 0.333. The SMILES string of the molecule is O=c1c2c3c(sc2nc(C(F)(F)F)n1-c1ccc(Cl)c(Cl)c1)CCCCC3. The van der Waals surface area contributed by atoms with Crippen molar-refractivity contribution in [3.05, 3.63) is 54.9 Å². The first-order valence-electron chi connectivity index (χ1n) is 8.37. The van der Waals surface area contributed by atoms with Crippen LogP contribution in [-0.4, -0.2) is 9.55 Å². The smallest absolute Gasteiger partial charge is 0.268 e. The number of rotatable bonds is 1. The van der Waals surface area contributed by atoms with Gasteiger partial charge in [0.15, 0.2) is 0 Å². The molecule has 0 N–H and O–H groups in total. The van der Waals surface area contributed by atoms with Crippen LogP contribution < -0.4 is 5.56 Å². The number of alkyl halides is 3. The second-order valence-corrected chi connectivity index (χ2v) is 8.31. The van der Waals surface area contributed by atoms with Crippen molar-refractivity contribution in [2.24, 2.45) is 0 Å². The summed E-state index contributed by atoms with van der Waals surface area (Å²) in [6.07, 6.45) is -0.430. The van der Waals surface area contributed by atoms with Crippen LogP contribution in [0.2, 0.25) is 10.0 Å². The zero-order valence-electron chi connectivity index (χ0n) is 13.9. The number of hydrogen-bond donors (Lipinski definition) is 0. The molecule has 1 aliphatic carbocycles. The largest absolute Gasteiger partial charge is 0.450 e. The van der Waals surface area contributed by atoms with Crippen LogP contribution >= 0.6 is 34.5 Å². The maximum absolute atomic E-state index is 13.7. The van der Waals surface area contributed by atoms with Crippen molar-refractivity contribution >= 4 is 44.8 Å². The van der Waals surface area contributed by atoms with E-state index < -0.39 is 17.6 Å². The predicted molar refractivity (Wildman–Crippen MR) is 101 cm³/mol. The summed E-state index contributed by atoms with van der Waals surface area (Å²) in [5.74, 6) is -1.25. The van der Waals surface area contributed by atoms with Crippen LogP contribution in [0.15, 0.2) is 23.0 Å². The Kier molecular flexibility index (Phi) is 4.72. The summed E-state index contributed by atoms with van der Waals surface area (Å²) in [6.45, 7) is 0. The van der Waals surface area contributed by atoms with Crippen LogP contribution in [0.1, 0.15) is 35.5 Å². The van der Waals surface area contributed by atoms with Gasteiger partial charge in [-0.15, -0.1) is 11.3 Å². The van der Waals surface area contributed by atoms with Crippen LogP contribution in [0.25, 0.3) is 15.9 Å². The highest BCUT2D eigenvalue weighted by Gasteiger charge is 2.38. The van der Waals surface area contributed by atoms with E-state index in [1.165, 1.54) is 29.5 Å². The molecular formula is C18H13Cl2F3N2OS. The van der Waals surface area contributed by atoms with Gasteiger partial charge in [-0.25, -0.2) is 4.98 Å². The minimum atomic E-state index is -4.79. The average molecular weight is 433 g/mol. The molecule has 0 fully saturated rings. The van der Waals surface area contributed by atoms with Gasteiger partial charge >= 0.3 is 6.18 Å². The molecule has 0 saturated carbocycles. The van der Waals surface area contributed by atoms with Gasteiger partial charge in [-0.2, -0.15) is 13.2 Å².